The van der Waals surface area contributed by atoms with Crippen molar-refractivity contribution in [3.63, 3.8) is 0 Å². The monoisotopic (exact) mass is 419 g/mol. The Kier molecular flexibility index (Phi) is 4.51. The molecule has 31 heavy (non-hydrogen) atoms. The van der Waals surface area contributed by atoms with Gasteiger partial charge < -0.3 is 19.5 Å². The van der Waals surface area contributed by atoms with E-state index in [1.54, 1.807) is 31.4 Å². The van der Waals surface area contributed by atoms with Crippen molar-refractivity contribution >= 4 is 17.0 Å². The van der Waals surface area contributed by atoms with Crippen LogP contribution in [-0.4, -0.2) is 33.4 Å². The SMILES string of the molecule is COc1ccc(-n2c(=O)[nH]c3nc(NCc4ccc5c(c4)OCO5)ncc3c2=O)cc1. The molecule has 10 heteroatoms. The lowest BCUT2D eigenvalue weighted by Gasteiger charge is -2.09. The maximum Gasteiger partial charge on any atom is 0.334 e. The first kappa shape index (κ1) is 18.7. The highest BCUT2D eigenvalue weighted by atomic mass is 16.7. The molecule has 156 valence electrons. The Hall–Kier alpha value is -4.34. The van der Waals surface area contributed by atoms with Crippen molar-refractivity contribution in [2.45, 2.75) is 6.54 Å². The van der Waals surface area contributed by atoms with Crippen LogP contribution in [0.4, 0.5) is 5.95 Å². The molecule has 0 spiro atoms. The number of aromatic nitrogens is 4. The molecule has 0 amide bonds. The predicted molar refractivity (Wildman–Crippen MR) is 112 cm³/mol. The van der Waals surface area contributed by atoms with Crippen LogP contribution in [0.15, 0.2) is 58.3 Å². The van der Waals surface area contributed by atoms with Crippen LogP contribution < -0.4 is 30.8 Å². The van der Waals surface area contributed by atoms with E-state index in [0.717, 1.165) is 10.1 Å². The zero-order chi connectivity index (χ0) is 21.4. The second-order valence-electron chi connectivity index (χ2n) is 6.77. The summed E-state index contributed by atoms with van der Waals surface area (Å²) in [5.41, 5.74) is 0.410. The summed E-state index contributed by atoms with van der Waals surface area (Å²) >= 11 is 0. The van der Waals surface area contributed by atoms with Crippen LogP contribution in [-0.2, 0) is 6.54 Å². The van der Waals surface area contributed by atoms with Crippen LogP contribution in [0.3, 0.4) is 0 Å². The number of ether oxygens (including phenoxy) is 3. The maximum absolute atomic E-state index is 12.9. The molecule has 0 bridgehead atoms. The molecule has 0 unspecified atom stereocenters. The fourth-order valence-electron chi connectivity index (χ4n) is 3.29. The minimum atomic E-state index is -0.594. The van der Waals surface area contributed by atoms with Gasteiger partial charge in [-0.1, -0.05) is 6.07 Å². The average Bonchev–Trinajstić information content (AvgIpc) is 3.26. The fraction of sp³-hybridized carbons (Fsp3) is 0.143. The van der Waals surface area contributed by atoms with Gasteiger partial charge in [-0.3, -0.25) is 9.78 Å². The van der Waals surface area contributed by atoms with Crippen LogP contribution in [0.25, 0.3) is 16.7 Å². The van der Waals surface area contributed by atoms with E-state index in [1.165, 1.54) is 6.20 Å². The number of rotatable bonds is 5. The largest absolute Gasteiger partial charge is 0.497 e. The number of hydrogen-bond acceptors (Lipinski definition) is 8. The maximum atomic E-state index is 12.9. The van der Waals surface area contributed by atoms with Gasteiger partial charge >= 0.3 is 5.69 Å². The zero-order valence-corrected chi connectivity index (χ0v) is 16.4. The van der Waals surface area contributed by atoms with Gasteiger partial charge in [-0.05, 0) is 42.0 Å². The van der Waals surface area contributed by atoms with Crippen LogP contribution in [0, 0.1) is 0 Å². The highest BCUT2D eigenvalue weighted by Crippen LogP contribution is 2.32. The number of aromatic amines is 1. The summed E-state index contributed by atoms with van der Waals surface area (Å²) in [6.07, 6.45) is 1.39. The molecule has 0 saturated heterocycles. The molecule has 0 fully saturated rings. The Balaban J connectivity index is 1.43. The molecule has 2 aromatic carbocycles. The molecule has 2 aromatic heterocycles. The van der Waals surface area contributed by atoms with E-state index in [-0.39, 0.29) is 23.8 Å². The van der Waals surface area contributed by atoms with Crippen molar-refractivity contribution in [3.05, 3.63) is 75.1 Å². The number of hydrogen-bond donors (Lipinski definition) is 2. The third-order valence-electron chi connectivity index (χ3n) is 4.87. The minimum absolute atomic E-state index is 0.156. The van der Waals surface area contributed by atoms with Crippen LogP contribution >= 0.6 is 0 Å². The third kappa shape index (κ3) is 3.44. The first-order valence-electron chi connectivity index (χ1n) is 9.41. The van der Waals surface area contributed by atoms with Gasteiger partial charge in [0.15, 0.2) is 17.1 Å². The predicted octanol–water partition coefficient (Wildman–Crippen LogP) is 1.82. The lowest BCUT2D eigenvalue weighted by atomic mass is 10.2. The molecular formula is C21H17N5O5. The van der Waals surface area contributed by atoms with E-state index < -0.39 is 11.2 Å². The van der Waals surface area contributed by atoms with Crippen molar-refractivity contribution in [1.82, 2.24) is 19.5 Å². The van der Waals surface area contributed by atoms with Crippen LogP contribution in [0.2, 0.25) is 0 Å². The summed E-state index contributed by atoms with van der Waals surface area (Å²) in [6.45, 7) is 0.636. The summed E-state index contributed by atoms with van der Waals surface area (Å²) in [7, 11) is 1.54. The van der Waals surface area contributed by atoms with E-state index in [9.17, 15) is 9.59 Å². The van der Waals surface area contributed by atoms with E-state index >= 15 is 0 Å². The molecule has 0 atom stereocenters. The average molecular weight is 419 g/mol. The summed E-state index contributed by atoms with van der Waals surface area (Å²) in [4.78, 5) is 36.6. The highest BCUT2D eigenvalue weighted by molar-refractivity contribution is 5.73. The van der Waals surface area contributed by atoms with Gasteiger partial charge in [0.05, 0.1) is 12.8 Å². The smallest absolute Gasteiger partial charge is 0.334 e. The van der Waals surface area contributed by atoms with Gasteiger partial charge in [0.2, 0.25) is 12.7 Å². The van der Waals surface area contributed by atoms with Crippen molar-refractivity contribution in [2.24, 2.45) is 0 Å². The number of methoxy groups -OCH3 is 1. The van der Waals surface area contributed by atoms with Gasteiger partial charge in [0, 0.05) is 12.7 Å². The summed E-state index contributed by atoms with van der Waals surface area (Å²) in [6, 6.07) is 12.2. The van der Waals surface area contributed by atoms with E-state index in [1.807, 2.05) is 18.2 Å². The van der Waals surface area contributed by atoms with Gasteiger partial charge in [0.1, 0.15) is 11.1 Å². The van der Waals surface area contributed by atoms with Crippen LogP contribution in [0.1, 0.15) is 5.56 Å². The Bertz CT molecular complexity index is 1390. The molecule has 10 nitrogen and oxygen atoms in total. The summed E-state index contributed by atoms with van der Waals surface area (Å²) < 4.78 is 16.8. The molecule has 5 rings (SSSR count). The molecule has 3 heterocycles. The van der Waals surface area contributed by atoms with E-state index in [2.05, 4.69) is 20.3 Å². The normalized spacial score (nSPS) is 12.2. The van der Waals surface area contributed by atoms with E-state index in [0.29, 0.717) is 29.5 Å². The molecule has 2 N–H and O–H groups in total. The standard InChI is InChI=1S/C21H17N5O5/c1-29-14-5-3-13(4-6-14)26-19(27)15-10-23-20(24-18(15)25-21(26)28)22-9-12-2-7-16-17(8-12)31-11-30-16/h2-8,10H,9,11H2,1H3,(H2,22,23,24,25,28). The van der Waals surface area contributed by atoms with Crippen LogP contribution in [0.5, 0.6) is 17.2 Å². The molecule has 1 aliphatic heterocycles. The Morgan fingerprint density at radius 3 is 2.74 bits per heavy atom. The number of nitrogens with one attached hydrogen (secondary N) is 2. The fourth-order valence-corrected chi connectivity index (χ4v) is 3.29. The molecule has 1 aliphatic rings. The Labute approximate surface area is 175 Å². The van der Waals surface area contributed by atoms with E-state index in [4.69, 9.17) is 14.2 Å². The Morgan fingerprint density at radius 2 is 1.94 bits per heavy atom. The topological polar surface area (TPSA) is 120 Å². The first-order chi connectivity index (χ1) is 15.1. The molecule has 0 radical (unpaired) electrons. The highest BCUT2D eigenvalue weighted by Gasteiger charge is 2.14. The lowest BCUT2D eigenvalue weighted by molar-refractivity contribution is 0.174. The van der Waals surface area contributed by atoms with Crippen molar-refractivity contribution in [2.75, 3.05) is 19.2 Å². The molecule has 0 aliphatic carbocycles. The summed E-state index contributed by atoms with van der Waals surface area (Å²) in [5.74, 6) is 2.29. The Morgan fingerprint density at radius 1 is 1.13 bits per heavy atom. The van der Waals surface area contributed by atoms with Crippen molar-refractivity contribution in [3.8, 4) is 22.9 Å². The number of H-pyrrole nitrogens is 1. The summed E-state index contributed by atoms with van der Waals surface area (Å²) in [5, 5.41) is 3.28. The molecule has 0 saturated carbocycles. The number of benzene rings is 2. The molecule has 4 aromatic rings. The lowest BCUT2D eigenvalue weighted by Crippen LogP contribution is -2.34. The molecular weight excluding hydrogens is 402 g/mol. The van der Waals surface area contributed by atoms with Crippen molar-refractivity contribution < 1.29 is 14.2 Å². The van der Waals surface area contributed by atoms with Crippen molar-refractivity contribution in [1.29, 1.82) is 0 Å². The zero-order valence-electron chi connectivity index (χ0n) is 16.4. The van der Waals surface area contributed by atoms with Gasteiger partial charge in [0.25, 0.3) is 5.56 Å². The van der Waals surface area contributed by atoms with Gasteiger partial charge in [-0.25, -0.2) is 14.3 Å². The number of fused-ring (bicyclic) bond motifs is 2. The quantitative estimate of drug-likeness (QED) is 0.503. The van der Waals surface area contributed by atoms with Gasteiger partial charge in [-0.2, -0.15) is 4.98 Å². The second-order valence-corrected chi connectivity index (χ2v) is 6.77. The minimum Gasteiger partial charge on any atom is -0.497 e. The number of anilines is 1. The second kappa shape index (κ2) is 7.48. The number of nitrogens with zero attached hydrogens (tertiary/aromatic N) is 3. The third-order valence-corrected chi connectivity index (χ3v) is 4.87. The van der Waals surface area contributed by atoms with Gasteiger partial charge in [-0.15, -0.1) is 0 Å². The first-order valence-corrected chi connectivity index (χ1v) is 9.41.